The largest absolute Gasteiger partial charge is 0.465 e. The summed E-state index contributed by atoms with van der Waals surface area (Å²) in [6, 6.07) is -0.150. The maximum absolute atomic E-state index is 10.4. The van der Waals surface area contributed by atoms with Crippen molar-refractivity contribution in [3.05, 3.63) is 12.4 Å². The van der Waals surface area contributed by atoms with Crippen LogP contribution >= 0.6 is 0 Å². The minimum absolute atomic E-state index is 0.150. The van der Waals surface area contributed by atoms with Gasteiger partial charge in [0.05, 0.1) is 6.04 Å². The zero-order valence-electron chi connectivity index (χ0n) is 5.56. The molecule has 4 heteroatoms. The van der Waals surface area contributed by atoms with Crippen molar-refractivity contribution in [2.75, 3.05) is 0 Å². The number of rotatable bonds is 0. The summed E-state index contributed by atoms with van der Waals surface area (Å²) in [6.45, 7) is 1.76. The first kappa shape index (κ1) is 6.80. The zero-order chi connectivity index (χ0) is 7.56. The van der Waals surface area contributed by atoms with Crippen molar-refractivity contribution >= 4 is 12.3 Å². The van der Waals surface area contributed by atoms with E-state index in [9.17, 15) is 4.79 Å². The number of hydrogen-bond acceptors (Lipinski definition) is 2. The van der Waals surface area contributed by atoms with Crippen LogP contribution in [0.2, 0.25) is 0 Å². The van der Waals surface area contributed by atoms with Crippen LogP contribution in [0.1, 0.15) is 6.92 Å². The average molecular weight is 140 g/mol. The third kappa shape index (κ3) is 1.15. The van der Waals surface area contributed by atoms with Crippen molar-refractivity contribution in [2.45, 2.75) is 13.0 Å². The first-order valence-electron chi connectivity index (χ1n) is 2.93. The molecule has 1 aliphatic rings. The molecule has 0 spiro atoms. The van der Waals surface area contributed by atoms with Gasteiger partial charge in [-0.25, -0.2) is 4.79 Å². The second kappa shape index (κ2) is 2.51. The quantitative estimate of drug-likeness (QED) is 0.543. The molecule has 1 aliphatic heterocycles. The standard InChI is InChI=1S/C6H8N2O2/c1-5-4-7-2-3-8(5)6(9)10/h2-5H,1H3,(H,9,10). The topological polar surface area (TPSA) is 52.9 Å². The van der Waals surface area contributed by atoms with Gasteiger partial charge in [-0.3, -0.25) is 9.89 Å². The SMILES string of the molecule is CC1C=NC=CN1C(=O)O. The van der Waals surface area contributed by atoms with Crippen molar-refractivity contribution in [1.82, 2.24) is 4.90 Å². The highest BCUT2D eigenvalue weighted by Gasteiger charge is 2.15. The summed E-state index contributed by atoms with van der Waals surface area (Å²) in [5.41, 5.74) is 0. The summed E-state index contributed by atoms with van der Waals surface area (Å²) in [4.78, 5) is 15.3. The molecule has 1 heterocycles. The molecule has 0 aliphatic carbocycles. The molecule has 1 rings (SSSR count). The van der Waals surface area contributed by atoms with Crippen LogP contribution < -0.4 is 0 Å². The van der Waals surface area contributed by atoms with E-state index in [1.165, 1.54) is 17.3 Å². The first-order chi connectivity index (χ1) is 4.72. The summed E-state index contributed by atoms with van der Waals surface area (Å²) >= 11 is 0. The van der Waals surface area contributed by atoms with E-state index >= 15 is 0 Å². The van der Waals surface area contributed by atoms with Crippen LogP contribution in [0.25, 0.3) is 0 Å². The molecule has 0 aromatic carbocycles. The summed E-state index contributed by atoms with van der Waals surface area (Å²) in [5, 5.41) is 8.52. The molecule has 0 radical (unpaired) electrons. The van der Waals surface area contributed by atoms with Crippen LogP contribution in [0.5, 0.6) is 0 Å². The highest BCUT2D eigenvalue weighted by molar-refractivity contribution is 5.76. The maximum atomic E-state index is 10.4. The third-order valence-electron chi connectivity index (χ3n) is 1.27. The van der Waals surface area contributed by atoms with Gasteiger partial charge in [0.15, 0.2) is 0 Å². The molecule has 0 bridgehead atoms. The van der Waals surface area contributed by atoms with Gasteiger partial charge in [0, 0.05) is 18.6 Å². The molecule has 0 fully saturated rings. The molecule has 10 heavy (non-hydrogen) atoms. The lowest BCUT2D eigenvalue weighted by Crippen LogP contribution is -2.35. The lowest BCUT2D eigenvalue weighted by Gasteiger charge is -2.20. The van der Waals surface area contributed by atoms with E-state index in [2.05, 4.69) is 4.99 Å². The predicted octanol–water partition coefficient (Wildman–Crippen LogP) is 0.911. The molecule has 4 nitrogen and oxygen atoms in total. The van der Waals surface area contributed by atoms with Gasteiger partial charge in [-0.15, -0.1) is 0 Å². The van der Waals surface area contributed by atoms with E-state index in [1.807, 2.05) is 0 Å². The molecule has 1 N–H and O–H groups in total. The van der Waals surface area contributed by atoms with Gasteiger partial charge in [-0.05, 0) is 6.92 Å². The summed E-state index contributed by atoms with van der Waals surface area (Å²) in [6.07, 6.45) is 3.52. The Labute approximate surface area is 58.5 Å². The Bertz CT molecular complexity index is 198. The van der Waals surface area contributed by atoms with Gasteiger partial charge >= 0.3 is 6.09 Å². The second-order valence-electron chi connectivity index (χ2n) is 2.03. The van der Waals surface area contributed by atoms with Crippen molar-refractivity contribution < 1.29 is 9.90 Å². The Morgan fingerprint density at radius 2 is 2.50 bits per heavy atom. The van der Waals surface area contributed by atoms with E-state index in [0.29, 0.717) is 0 Å². The fraction of sp³-hybridized carbons (Fsp3) is 0.333. The van der Waals surface area contributed by atoms with Crippen LogP contribution in [0, 0.1) is 0 Å². The summed E-state index contributed by atoms with van der Waals surface area (Å²) in [5.74, 6) is 0. The molecular formula is C6H8N2O2. The third-order valence-corrected chi connectivity index (χ3v) is 1.27. The Kier molecular flexibility index (Phi) is 1.71. The predicted molar refractivity (Wildman–Crippen MR) is 37.0 cm³/mol. The molecule has 1 unspecified atom stereocenters. The lowest BCUT2D eigenvalue weighted by molar-refractivity contribution is 0.159. The average Bonchev–Trinajstić information content (AvgIpc) is 1.88. The number of nitrogens with zero attached hydrogens (tertiary/aromatic N) is 2. The van der Waals surface area contributed by atoms with Gasteiger partial charge in [0.25, 0.3) is 0 Å². The van der Waals surface area contributed by atoms with E-state index < -0.39 is 6.09 Å². The molecule has 0 saturated heterocycles. The second-order valence-corrected chi connectivity index (χ2v) is 2.03. The molecule has 0 saturated carbocycles. The molecule has 0 aromatic rings. The number of carboxylic acid groups (broad SMARTS) is 1. The van der Waals surface area contributed by atoms with Gasteiger partial charge in [0.1, 0.15) is 0 Å². The fourth-order valence-electron chi connectivity index (χ4n) is 0.730. The molecule has 0 aromatic heterocycles. The minimum Gasteiger partial charge on any atom is -0.465 e. The lowest BCUT2D eigenvalue weighted by atomic mass is 10.3. The van der Waals surface area contributed by atoms with Gasteiger partial charge in [0.2, 0.25) is 0 Å². The van der Waals surface area contributed by atoms with E-state index in [0.717, 1.165) is 0 Å². The van der Waals surface area contributed by atoms with Gasteiger partial charge in [-0.1, -0.05) is 0 Å². The molecule has 54 valence electrons. The molecule has 1 amide bonds. The zero-order valence-corrected chi connectivity index (χ0v) is 5.56. The van der Waals surface area contributed by atoms with Crippen LogP contribution in [0.4, 0.5) is 4.79 Å². The first-order valence-corrected chi connectivity index (χ1v) is 2.93. The number of carbonyl (C=O) groups is 1. The number of hydrogen-bond donors (Lipinski definition) is 1. The Morgan fingerprint density at radius 3 is 2.90 bits per heavy atom. The van der Waals surface area contributed by atoms with Crippen LogP contribution in [0.3, 0.4) is 0 Å². The van der Waals surface area contributed by atoms with Crippen molar-refractivity contribution in [2.24, 2.45) is 4.99 Å². The van der Waals surface area contributed by atoms with E-state index in [-0.39, 0.29) is 6.04 Å². The monoisotopic (exact) mass is 140 g/mol. The van der Waals surface area contributed by atoms with Crippen LogP contribution in [-0.4, -0.2) is 28.4 Å². The Balaban J connectivity index is 2.70. The van der Waals surface area contributed by atoms with Crippen molar-refractivity contribution in [3.8, 4) is 0 Å². The highest BCUT2D eigenvalue weighted by atomic mass is 16.4. The van der Waals surface area contributed by atoms with Crippen LogP contribution in [-0.2, 0) is 0 Å². The fourth-order valence-corrected chi connectivity index (χ4v) is 0.730. The molecular weight excluding hydrogens is 132 g/mol. The molecule has 1 atom stereocenters. The summed E-state index contributed by atoms with van der Waals surface area (Å²) in [7, 11) is 0. The van der Waals surface area contributed by atoms with E-state index in [4.69, 9.17) is 5.11 Å². The number of amides is 1. The maximum Gasteiger partial charge on any atom is 0.411 e. The van der Waals surface area contributed by atoms with Gasteiger partial charge in [-0.2, -0.15) is 0 Å². The van der Waals surface area contributed by atoms with Crippen molar-refractivity contribution in [3.63, 3.8) is 0 Å². The Morgan fingerprint density at radius 1 is 1.80 bits per heavy atom. The van der Waals surface area contributed by atoms with Crippen LogP contribution in [0.15, 0.2) is 17.4 Å². The smallest absolute Gasteiger partial charge is 0.411 e. The van der Waals surface area contributed by atoms with Crippen molar-refractivity contribution in [1.29, 1.82) is 0 Å². The summed E-state index contributed by atoms with van der Waals surface area (Å²) < 4.78 is 0. The normalized spacial score (nSPS) is 23.3. The van der Waals surface area contributed by atoms with E-state index in [1.54, 1.807) is 13.1 Å². The Hall–Kier alpha value is -1.32. The minimum atomic E-state index is -0.949. The number of aliphatic imine (C=N–C) groups is 1. The highest BCUT2D eigenvalue weighted by Crippen LogP contribution is 2.02. The van der Waals surface area contributed by atoms with Gasteiger partial charge < -0.3 is 5.11 Å².